The van der Waals surface area contributed by atoms with Crippen molar-refractivity contribution in [1.29, 1.82) is 0 Å². The van der Waals surface area contributed by atoms with Crippen molar-refractivity contribution in [2.75, 3.05) is 0 Å². The molecule has 31 heavy (non-hydrogen) atoms. The van der Waals surface area contributed by atoms with Crippen LogP contribution in [-0.2, 0) is 6.54 Å². The second kappa shape index (κ2) is 7.40. The van der Waals surface area contributed by atoms with Crippen LogP contribution in [0.5, 0.6) is 0 Å². The molecule has 0 fully saturated rings. The number of aryl methyl sites for hydroxylation is 2. The Morgan fingerprint density at radius 1 is 0.903 bits per heavy atom. The molecule has 0 spiro atoms. The molecule has 5 aromatic rings. The molecule has 0 unspecified atom stereocenters. The van der Waals surface area contributed by atoms with Crippen molar-refractivity contribution in [2.24, 2.45) is 0 Å². The molecule has 0 amide bonds. The van der Waals surface area contributed by atoms with E-state index in [0.717, 1.165) is 39.4 Å². The van der Waals surface area contributed by atoms with E-state index in [1.807, 2.05) is 61.0 Å². The molecule has 6 nitrogen and oxygen atoms in total. The maximum absolute atomic E-state index is 13.7. The van der Waals surface area contributed by atoms with E-state index in [9.17, 15) is 4.79 Å². The van der Waals surface area contributed by atoms with Crippen molar-refractivity contribution < 1.29 is 0 Å². The molecular weight excluding hydrogens is 386 g/mol. The molecule has 5 rings (SSSR count). The summed E-state index contributed by atoms with van der Waals surface area (Å²) in [6.07, 6.45) is 3.45. The van der Waals surface area contributed by atoms with Gasteiger partial charge in [0, 0.05) is 17.5 Å². The van der Waals surface area contributed by atoms with E-state index in [1.165, 1.54) is 11.9 Å². The molecule has 0 saturated heterocycles. The summed E-state index contributed by atoms with van der Waals surface area (Å²) in [6, 6.07) is 20.2. The first-order valence-corrected chi connectivity index (χ1v) is 10.3. The Morgan fingerprint density at radius 2 is 1.71 bits per heavy atom. The fraction of sp³-hybridized carbons (Fsp3) is 0.160. The molecule has 3 heterocycles. The van der Waals surface area contributed by atoms with Crippen LogP contribution >= 0.6 is 0 Å². The van der Waals surface area contributed by atoms with Crippen LogP contribution in [0.25, 0.3) is 22.6 Å². The number of pyridine rings is 1. The zero-order chi connectivity index (χ0) is 21.5. The zero-order valence-corrected chi connectivity index (χ0v) is 17.8. The van der Waals surface area contributed by atoms with E-state index >= 15 is 0 Å². The molecule has 0 aliphatic carbocycles. The highest BCUT2D eigenvalue weighted by Gasteiger charge is 2.20. The van der Waals surface area contributed by atoms with Gasteiger partial charge in [-0.15, -0.1) is 0 Å². The van der Waals surface area contributed by atoms with Crippen LogP contribution in [0.1, 0.15) is 22.4 Å². The quantitative estimate of drug-likeness (QED) is 0.444. The highest BCUT2D eigenvalue weighted by Crippen LogP contribution is 2.27. The second-order valence-corrected chi connectivity index (χ2v) is 7.94. The second-order valence-electron chi connectivity index (χ2n) is 7.94. The third-order valence-corrected chi connectivity index (χ3v) is 5.66. The summed E-state index contributed by atoms with van der Waals surface area (Å²) in [7, 11) is 0. The molecule has 6 heteroatoms. The van der Waals surface area contributed by atoms with Gasteiger partial charge < -0.3 is 0 Å². The summed E-state index contributed by atoms with van der Waals surface area (Å²) >= 11 is 0. The van der Waals surface area contributed by atoms with Crippen LogP contribution in [0, 0.1) is 20.8 Å². The molecule has 0 saturated carbocycles. The van der Waals surface area contributed by atoms with Crippen molar-refractivity contribution in [3.8, 4) is 16.9 Å². The van der Waals surface area contributed by atoms with E-state index in [2.05, 4.69) is 41.3 Å². The van der Waals surface area contributed by atoms with E-state index in [-0.39, 0.29) is 5.69 Å². The summed E-state index contributed by atoms with van der Waals surface area (Å²) in [6.45, 7) is 6.62. The number of imidazole rings is 1. The number of nitrogens with zero attached hydrogens (tertiary/aromatic N) is 5. The van der Waals surface area contributed by atoms with Crippen LogP contribution in [0.3, 0.4) is 0 Å². The monoisotopic (exact) mass is 409 g/mol. The van der Waals surface area contributed by atoms with E-state index < -0.39 is 0 Å². The summed E-state index contributed by atoms with van der Waals surface area (Å²) in [4.78, 5) is 17.9. The van der Waals surface area contributed by atoms with E-state index in [4.69, 9.17) is 0 Å². The van der Waals surface area contributed by atoms with Gasteiger partial charge in [0.1, 0.15) is 6.33 Å². The minimum Gasteiger partial charge on any atom is -0.291 e. The summed E-state index contributed by atoms with van der Waals surface area (Å²) in [5.74, 6) is 0. The lowest BCUT2D eigenvalue weighted by Gasteiger charge is -2.10. The van der Waals surface area contributed by atoms with Gasteiger partial charge in [0.15, 0.2) is 5.65 Å². The lowest BCUT2D eigenvalue weighted by Crippen LogP contribution is -2.24. The molecule has 0 aliphatic heterocycles. The number of aromatic nitrogens is 5. The van der Waals surface area contributed by atoms with Crippen LogP contribution in [0.15, 0.2) is 78.0 Å². The smallest absolute Gasteiger partial charge is 0.291 e. The van der Waals surface area contributed by atoms with Gasteiger partial charge in [-0.3, -0.25) is 9.13 Å². The Hall–Kier alpha value is -3.93. The topological polar surface area (TPSA) is 57.1 Å². The van der Waals surface area contributed by atoms with Crippen molar-refractivity contribution in [3.05, 3.63) is 106 Å². The number of fused-ring (bicyclic) bond motifs is 1. The van der Waals surface area contributed by atoms with Crippen LogP contribution in [0.4, 0.5) is 0 Å². The summed E-state index contributed by atoms with van der Waals surface area (Å²) in [5.41, 5.74) is 7.64. The Kier molecular flexibility index (Phi) is 4.55. The fourth-order valence-corrected chi connectivity index (χ4v) is 4.01. The van der Waals surface area contributed by atoms with Crippen LogP contribution in [0.2, 0.25) is 0 Å². The highest BCUT2D eigenvalue weighted by atomic mass is 16.1. The predicted octanol–water partition coefficient (Wildman–Crippen LogP) is 4.32. The molecule has 3 aromatic heterocycles. The fourth-order valence-electron chi connectivity index (χ4n) is 4.01. The third-order valence-electron chi connectivity index (χ3n) is 5.66. The largest absolute Gasteiger partial charge is 0.333 e. The minimum atomic E-state index is -0.0580. The van der Waals surface area contributed by atoms with Gasteiger partial charge in [0.05, 0.1) is 17.9 Å². The average molecular weight is 409 g/mol. The van der Waals surface area contributed by atoms with Crippen molar-refractivity contribution in [2.45, 2.75) is 27.3 Å². The Labute approximate surface area is 180 Å². The van der Waals surface area contributed by atoms with Gasteiger partial charge in [-0.05, 0) is 56.2 Å². The number of benzene rings is 2. The molecule has 0 aliphatic rings. The maximum atomic E-state index is 13.7. The first-order chi connectivity index (χ1) is 15.0. The average Bonchev–Trinajstić information content (AvgIpc) is 3.32. The first kappa shape index (κ1) is 19.1. The van der Waals surface area contributed by atoms with Gasteiger partial charge in [0.2, 0.25) is 0 Å². The van der Waals surface area contributed by atoms with Gasteiger partial charge in [-0.2, -0.15) is 5.10 Å². The Bertz CT molecular complexity index is 1450. The predicted molar refractivity (Wildman–Crippen MR) is 122 cm³/mol. The molecule has 0 atom stereocenters. The number of rotatable bonds is 4. The summed E-state index contributed by atoms with van der Waals surface area (Å²) in [5, 5.41) is 4.27. The SMILES string of the molecule is Cc1ccc(Cn2c(C)c(-c3ccc4ncnn4c3)n(-c3cccc(C)c3)c2=O)cc1. The highest BCUT2D eigenvalue weighted by molar-refractivity contribution is 5.66. The molecule has 0 radical (unpaired) electrons. The van der Waals surface area contributed by atoms with Gasteiger partial charge >= 0.3 is 5.69 Å². The lowest BCUT2D eigenvalue weighted by molar-refractivity contribution is 0.723. The van der Waals surface area contributed by atoms with Crippen molar-refractivity contribution in [1.82, 2.24) is 23.7 Å². The zero-order valence-electron chi connectivity index (χ0n) is 17.8. The normalized spacial score (nSPS) is 11.3. The standard InChI is InChI=1S/C25H23N5O/c1-17-7-9-20(10-8-17)14-28-19(3)24(21-11-12-23-26-16-27-29(23)15-21)30(25(28)31)22-6-4-5-18(2)13-22/h4-13,15-16H,14H2,1-3H3. The van der Waals surface area contributed by atoms with Crippen LogP contribution < -0.4 is 5.69 Å². The van der Waals surface area contributed by atoms with E-state index in [0.29, 0.717) is 6.54 Å². The van der Waals surface area contributed by atoms with Crippen molar-refractivity contribution >= 4 is 5.65 Å². The summed E-state index contributed by atoms with van der Waals surface area (Å²) < 4.78 is 5.37. The van der Waals surface area contributed by atoms with Crippen LogP contribution in [-0.4, -0.2) is 23.7 Å². The molecule has 0 N–H and O–H groups in total. The number of hydrogen-bond acceptors (Lipinski definition) is 3. The van der Waals surface area contributed by atoms with Gasteiger partial charge in [-0.25, -0.2) is 14.3 Å². The Morgan fingerprint density at radius 3 is 2.48 bits per heavy atom. The third kappa shape index (κ3) is 3.36. The van der Waals surface area contributed by atoms with Crippen molar-refractivity contribution in [3.63, 3.8) is 0 Å². The Balaban J connectivity index is 1.74. The lowest BCUT2D eigenvalue weighted by atomic mass is 10.1. The first-order valence-electron chi connectivity index (χ1n) is 10.3. The molecule has 154 valence electrons. The van der Waals surface area contributed by atoms with E-state index in [1.54, 1.807) is 9.08 Å². The van der Waals surface area contributed by atoms with Gasteiger partial charge in [-0.1, -0.05) is 42.0 Å². The van der Waals surface area contributed by atoms with Gasteiger partial charge in [0.25, 0.3) is 0 Å². The molecule has 0 bridgehead atoms. The maximum Gasteiger partial charge on any atom is 0.333 e. The molecular formula is C25H23N5O. The molecule has 2 aromatic carbocycles. The number of hydrogen-bond donors (Lipinski definition) is 0. The minimum absolute atomic E-state index is 0.0580.